The molecule has 2 aromatic rings. The summed E-state index contributed by atoms with van der Waals surface area (Å²) in [7, 11) is 0. The van der Waals surface area contributed by atoms with E-state index in [1.54, 1.807) is 6.20 Å². The molecule has 2 aromatic heterocycles. The fourth-order valence-corrected chi connectivity index (χ4v) is 2.74. The molecular formula is C11H14N4O4S. The van der Waals surface area contributed by atoms with Crippen molar-refractivity contribution in [2.24, 2.45) is 0 Å². The number of nitrogens with zero attached hydrogens (tertiary/aromatic N) is 4. The van der Waals surface area contributed by atoms with Gasteiger partial charge in [0.25, 0.3) is 0 Å². The Labute approximate surface area is 118 Å². The maximum atomic E-state index is 9.98. The van der Waals surface area contributed by atoms with E-state index in [1.165, 1.54) is 22.8 Å². The first kappa shape index (κ1) is 13.7. The Bertz CT molecular complexity index is 621. The summed E-state index contributed by atoms with van der Waals surface area (Å²) in [6.45, 7) is -0.370. The Morgan fingerprint density at radius 1 is 1.35 bits per heavy atom. The highest BCUT2D eigenvalue weighted by molar-refractivity contribution is 7.98. The molecule has 0 amide bonds. The fourth-order valence-electron chi connectivity index (χ4n) is 2.23. The first-order valence-electron chi connectivity index (χ1n) is 6.02. The summed E-state index contributed by atoms with van der Waals surface area (Å²) in [5.74, 6) is 0. The molecule has 20 heavy (non-hydrogen) atoms. The van der Waals surface area contributed by atoms with E-state index in [2.05, 4.69) is 15.1 Å². The summed E-state index contributed by atoms with van der Waals surface area (Å²) >= 11 is 1.46. The van der Waals surface area contributed by atoms with Gasteiger partial charge >= 0.3 is 0 Å². The molecule has 0 saturated carbocycles. The molecule has 3 heterocycles. The van der Waals surface area contributed by atoms with Crippen molar-refractivity contribution in [3.8, 4) is 0 Å². The number of hydrogen-bond acceptors (Lipinski definition) is 8. The highest BCUT2D eigenvalue weighted by Gasteiger charge is 2.43. The second-order valence-corrected chi connectivity index (χ2v) is 5.25. The van der Waals surface area contributed by atoms with Gasteiger partial charge in [-0.25, -0.2) is 14.6 Å². The van der Waals surface area contributed by atoms with E-state index in [0.717, 1.165) is 10.4 Å². The van der Waals surface area contributed by atoms with Crippen molar-refractivity contribution in [2.45, 2.75) is 29.6 Å². The van der Waals surface area contributed by atoms with Gasteiger partial charge in [-0.2, -0.15) is 0 Å². The third-order valence-electron chi connectivity index (χ3n) is 3.27. The molecule has 1 saturated heterocycles. The number of thioether (sulfide) groups is 1. The third-order valence-corrected chi connectivity index (χ3v) is 3.98. The van der Waals surface area contributed by atoms with E-state index in [4.69, 9.17) is 9.84 Å². The van der Waals surface area contributed by atoms with Crippen molar-refractivity contribution in [3.63, 3.8) is 0 Å². The van der Waals surface area contributed by atoms with Crippen LogP contribution in [0.4, 0.5) is 0 Å². The molecule has 0 radical (unpaired) electrons. The lowest BCUT2D eigenvalue weighted by Gasteiger charge is -2.14. The van der Waals surface area contributed by atoms with Gasteiger partial charge in [-0.05, 0) is 6.26 Å². The minimum Gasteiger partial charge on any atom is -0.394 e. The van der Waals surface area contributed by atoms with Gasteiger partial charge in [0.15, 0.2) is 11.9 Å². The molecule has 108 valence electrons. The van der Waals surface area contributed by atoms with Crippen LogP contribution < -0.4 is 0 Å². The van der Waals surface area contributed by atoms with Crippen LogP contribution in [0.5, 0.6) is 0 Å². The number of aliphatic hydroxyl groups excluding tert-OH is 3. The van der Waals surface area contributed by atoms with Crippen molar-refractivity contribution in [1.82, 2.24) is 19.7 Å². The number of fused-ring (bicyclic) bond motifs is 1. The van der Waals surface area contributed by atoms with Gasteiger partial charge in [0.1, 0.15) is 29.7 Å². The molecule has 3 rings (SSSR count). The zero-order valence-electron chi connectivity index (χ0n) is 10.6. The van der Waals surface area contributed by atoms with Gasteiger partial charge in [0, 0.05) is 6.20 Å². The Morgan fingerprint density at radius 2 is 2.15 bits per heavy atom. The van der Waals surface area contributed by atoms with Gasteiger partial charge < -0.3 is 20.1 Å². The topological polar surface area (TPSA) is 114 Å². The van der Waals surface area contributed by atoms with Crippen LogP contribution in [0.25, 0.3) is 11.0 Å². The number of rotatable bonds is 3. The summed E-state index contributed by atoms with van der Waals surface area (Å²) in [5.41, 5.74) is 0.488. The molecule has 1 aliphatic rings. The van der Waals surface area contributed by atoms with Gasteiger partial charge in [-0.15, -0.1) is 16.9 Å². The minimum absolute atomic E-state index is 0.370. The van der Waals surface area contributed by atoms with Crippen LogP contribution in [0.3, 0.4) is 0 Å². The Kier molecular flexibility index (Phi) is 3.61. The normalized spacial score (nSPS) is 30.2. The standard InChI is InChI=1S/C11H14N4O4S/c1-20-10-5-2-15(14-9(5)12-4-13-10)11-8(18)7(17)6(3-16)19-11/h2,4,6-8,11,16-18H,3H2,1H3/t6-,7+,8+,11+/m0/s1. The monoisotopic (exact) mass is 298 g/mol. The summed E-state index contributed by atoms with van der Waals surface area (Å²) in [6.07, 6.45) is 0.991. The maximum Gasteiger partial charge on any atom is 0.185 e. The van der Waals surface area contributed by atoms with Crippen molar-refractivity contribution < 1.29 is 20.1 Å². The molecule has 8 nitrogen and oxygen atoms in total. The summed E-state index contributed by atoms with van der Waals surface area (Å²) in [5, 5.41) is 34.6. The summed E-state index contributed by atoms with van der Waals surface area (Å²) in [6, 6.07) is 0. The first-order valence-corrected chi connectivity index (χ1v) is 7.24. The second kappa shape index (κ2) is 5.26. The summed E-state index contributed by atoms with van der Waals surface area (Å²) in [4.78, 5) is 8.20. The molecule has 4 atom stereocenters. The van der Waals surface area contributed by atoms with Crippen LogP contribution in [0.2, 0.25) is 0 Å². The fraction of sp³-hybridized carbons (Fsp3) is 0.545. The van der Waals surface area contributed by atoms with Crippen molar-refractivity contribution >= 4 is 22.8 Å². The van der Waals surface area contributed by atoms with Crippen molar-refractivity contribution in [3.05, 3.63) is 12.5 Å². The molecule has 1 aliphatic heterocycles. The Hall–Kier alpha value is -1.26. The molecule has 0 spiro atoms. The Balaban J connectivity index is 1.99. The van der Waals surface area contributed by atoms with E-state index in [0.29, 0.717) is 5.65 Å². The SMILES string of the molecule is CSc1ncnc2nn([C@@H]3O[C@@H](CO)[C@@H](O)[C@H]3O)cc12. The number of aromatic nitrogens is 4. The number of ether oxygens (including phenoxy) is 1. The predicted octanol–water partition coefficient (Wildman–Crippen LogP) is -0.840. The van der Waals surface area contributed by atoms with Gasteiger partial charge in [0.05, 0.1) is 12.0 Å². The zero-order valence-corrected chi connectivity index (χ0v) is 11.4. The average molecular weight is 298 g/mol. The average Bonchev–Trinajstić information content (AvgIpc) is 3.01. The molecule has 3 N–H and O–H groups in total. The molecule has 1 fully saturated rings. The van der Waals surface area contributed by atoms with Crippen LogP contribution >= 0.6 is 11.8 Å². The number of hydrogen-bond donors (Lipinski definition) is 3. The zero-order chi connectivity index (χ0) is 14.3. The first-order chi connectivity index (χ1) is 9.65. The van der Waals surface area contributed by atoms with Crippen LogP contribution in [-0.4, -0.2) is 66.2 Å². The van der Waals surface area contributed by atoms with E-state index in [9.17, 15) is 10.2 Å². The Morgan fingerprint density at radius 3 is 2.80 bits per heavy atom. The van der Waals surface area contributed by atoms with Gasteiger partial charge in [-0.3, -0.25) is 0 Å². The highest BCUT2D eigenvalue weighted by atomic mass is 32.2. The van der Waals surface area contributed by atoms with Gasteiger partial charge in [0.2, 0.25) is 0 Å². The second-order valence-electron chi connectivity index (χ2n) is 4.46. The molecule has 0 unspecified atom stereocenters. The summed E-state index contributed by atoms with van der Waals surface area (Å²) < 4.78 is 6.83. The lowest BCUT2D eigenvalue weighted by atomic mass is 10.1. The number of aliphatic hydroxyl groups is 3. The minimum atomic E-state index is -1.16. The van der Waals surface area contributed by atoms with Crippen molar-refractivity contribution in [1.29, 1.82) is 0 Å². The van der Waals surface area contributed by atoms with E-state index < -0.39 is 24.5 Å². The van der Waals surface area contributed by atoms with Crippen LogP contribution in [0.15, 0.2) is 17.6 Å². The predicted molar refractivity (Wildman–Crippen MR) is 70.1 cm³/mol. The molecule has 9 heteroatoms. The molecule has 0 aliphatic carbocycles. The van der Waals surface area contributed by atoms with Gasteiger partial charge in [-0.1, -0.05) is 0 Å². The molecule has 0 bridgehead atoms. The van der Waals surface area contributed by atoms with E-state index in [1.807, 2.05) is 6.26 Å². The molecular weight excluding hydrogens is 284 g/mol. The molecule has 0 aromatic carbocycles. The van der Waals surface area contributed by atoms with Crippen molar-refractivity contribution in [2.75, 3.05) is 12.9 Å². The smallest absolute Gasteiger partial charge is 0.185 e. The van der Waals surface area contributed by atoms with Crippen LogP contribution in [-0.2, 0) is 4.74 Å². The van der Waals surface area contributed by atoms with E-state index >= 15 is 0 Å². The van der Waals surface area contributed by atoms with E-state index in [-0.39, 0.29) is 6.61 Å². The largest absolute Gasteiger partial charge is 0.394 e. The van der Waals surface area contributed by atoms with Crippen LogP contribution in [0.1, 0.15) is 6.23 Å². The van der Waals surface area contributed by atoms with Crippen LogP contribution in [0, 0.1) is 0 Å². The lowest BCUT2D eigenvalue weighted by molar-refractivity contribution is -0.0583. The third kappa shape index (κ3) is 2.07. The quantitative estimate of drug-likeness (QED) is 0.496. The maximum absolute atomic E-state index is 9.98. The lowest BCUT2D eigenvalue weighted by Crippen LogP contribution is -2.33. The highest BCUT2D eigenvalue weighted by Crippen LogP contribution is 2.31.